The fourth-order valence-electron chi connectivity index (χ4n) is 2.04. The van der Waals surface area contributed by atoms with Crippen LogP contribution in [0.25, 0.3) is 5.57 Å². The summed E-state index contributed by atoms with van der Waals surface area (Å²) in [5.74, 6) is 0. The molecule has 0 unspecified atom stereocenters. The summed E-state index contributed by atoms with van der Waals surface area (Å²) in [6.07, 6.45) is 4.00. The maximum Gasteiger partial charge on any atom is 0.410 e. The van der Waals surface area contributed by atoms with E-state index in [4.69, 9.17) is 10.00 Å². The summed E-state index contributed by atoms with van der Waals surface area (Å²) in [7, 11) is 0. The number of carbonyl (C=O) groups excluding carboxylic acids is 1. The van der Waals surface area contributed by atoms with Crippen molar-refractivity contribution in [2.45, 2.75) is 32.8 Å². The van der Waals surface area contributed by atoms with Crippen LogP contribution in [0.2, 0.25) is 0 Å². The molecule has 0 fully saturated rings. The van der Waals surface area contributed by atoms with E-state index in [0.29, 0.717) is 18.7 Å². The van der Waals surface area contributed by atoms with Gasteiger partial charge in [-0.2, -0.15) is 5.26 Å². The first kappa shape index (κ1) is 15.0. The fraction of sp³-hybridized carbons (Fsp3) is 0.438. The SMILES string of the molecule is CC(C)(C)OC(=O)N1CC=C(c2ccc(C#N)cn2)CC1. The Balaban J connectivity index is 2.01. The van der Waals surface area contributed by atoms with E-state index in [1.807, 2.05) is 39.0 Å². The summed E-state index contributed by atoms with van der Waals surface area (Å²) in [4.78, 5) is 17.9. The van der Waals surface area contributed by atoms with Gasteiger partial charge in [-0.1, -0.05) is 6.08 Å². The quantitative estimate of drug-likeness (QED) is 0.795. The average Bonchev–Trinajstić information content (AvgIpc) is 2.46. The van der Waals surface area contributed by atoms with Gasteiger partial charge in [0.1, 0.15) is 11.7 Å². The maximum absolute atomic E-state index is 12.0. The molecular formula is C16H19N3O2. The van der Waals surface area contributed by atoms with Crippen LogP contribution >= 0.6 is 0 Å². The number of ether oxygens (including phenoxy) is 1. The first-order chi connectivity index (χ1) is 9.89. The molecule has 1 aromatic heterocycles. The van der Waals surface area contributed by atoms with Crippen LogP contribution in [0.3, 0.4) is 0 Å². The zero-order valence-electron chi connectivity index (χ0n) is 12.6. The van der Waals surface area contributed by atoms with Gasteiger partial charge in [0.05, 0.1) is 11.3 Å². The van der Waals surface area contributed by atoms with E-state index in [2.05, 4.69) is 4.98 Å². The minimum Gasteiger partial charge on any atom is -0.444 e. The molecule has 0 N–H and O–H groups in total. The largest absolute Gasteiger partial charge is 0.444 e. The Bertz CT molecular complexity index is 591. The number of rotatable bonds is 1. The molecule has 110 valence electrons. The van der Waals surface area contributed by atoms with Crippen molar-refractivity contribution >= 4 is 11.7 Å². The summed E-state index contributed by atoms with van der Waals surface area (Å²) in [6.45, 7) is 6.71. The van der Waals surface area contributed by atoms with E-state index in [-0.39, 0.29) is 6.09 Å². The number of hydrogen-bond acceptors (Lipinski definition) is 4. The predicted molar refractivity (Wildman–Crippen MR) is 79.4 cm³/mol. The van der Waals surface area contributed by atoms with E-state index in [0.717, 1.165) is 17.7 Å². The second kappa shape index (κ2) is 5.96. The van der Waals surface area contributed by atoms with Crippen LogP contribution in [-0.4, -0.2) is 34.7 Å². The summed E-state index contributed by atoms with van der Waals surface area (Å²) in [5, 5.41) is 8.76. The van der Waals surface area contributed by atoms with Crippen molar-refractivity contribution in [2.75, 3.05) is 13.1 Å². The van der Waals surface area contributed by atoms with Gasteiger partial charge in [-0.15, -0.1) is 0 Å². The molecule has 1 aliphatic heterocycles. The van der Waals surface area contributed by atoms with Crippen LogP contribution in [0.5, 0.6) is 0 Å². The van der Waals surface area contributed by atoms with Gasteiger partial charge in [0.2, 0.25) is 0 Å². The highest BCUT2D eigenvalue weighted by Gasteiger charge is 2.24. The molecule has 2 rings (SSSR count). The molecule has 0 atom stereocenters. The highest BCUT2D eigenvalue weighted by atomic mass is 16.6. The Labute approximate surface area is 124 Å². The van der Waals surface area contributed by atoms with E-state index >= 15 is 0 Å². The Morgan fingerprint density at radius 2 is 2.19 bits per heavy atom. The first-order valence-electron chi connectivity index (χ1n) is 6.92. The van der Waals surface area contributed by atoms with Crippen LogP contribution in [-0.2, 0) is 4.74 Å². The third kappa shape index (κ3) is 4.06. The van der Waals surface area contributed by atoms with Gasteiger partial charge in [0.25, 0.3) is 0 Å². The van der Waals surface area contributed by atoms with Crippen molar-refractivity contribution < 1.29 is 9.53 Å². The zero-order chi connectivity index (χ0) is 15.5. The van der Waals surface area contributed by atoms with Gasteiger partial charge in [-0.25, -0.2) is 4.79 Å². The molecule has 1 aromatic rings. The highest BCUT2D eigenvalue weighted by molar-refractivity contribution is 5.71. The second-order valence-corrected chi connectivity index (χ2v) is 5.95. The van der Waals surface area contributed by atoms with Crippen LogP contribution in [0.1, 0.15) is 38.4 Å². The molecule has 1 aliphatic rings. The standard InChI is InChI=1S/C16H19N3O2/c1-16(2,3)21-15(20)19-8-6-13(7-9-19)14-5-4-12(10-17)11-18-14/h4-6,11H,7-9H2,1-3H3. The molecule has 1 amide bonds. The van der Waals surface area contributed by atoms with Crippen LogP contribution in [0.4, 0.5) is 4.79 Å². The van der Waals surface area contributed by atoms with Crippen molar-refractivity contribution in [3.8, 4) is 6.07 Å². The molecule has 5 nitrogen and oxygen atoms in total. The molecular weight excluding hydrogens is 266 g/mol. The minimum absolute atomic E-state index is 0.286. The molecule has 0 radical (unpaired) electrons. The van der Waals surface area contributed by atoms with Crippen molar-refractivity contribution in [1.82, 2.24) is 9.88 Å². The number of amides is 1. The van der Waals surface area contributed by atoms with Gasteiger partial charge in [0.15, 0.2) is 0 Å². The summed E-state index contributed by atoms with van der Waals surface area (Å²) in [5.41, 5.74) is 2.03. The molecule has 0 aliphatic carbocycles. The van der Waals surface area contributed by atoms with Crippen molar-refractivity contribution in [3.05, 3.63) is 35.7 Å². The van der Waals surface area contributed by atoms with Crippen molar-refractivity contribution in [1.29, 1.82) is 5.26 Å². The monoisotopic (exact) mass is 285 g/mol. The smallest absolute Gasteiger partial charge is 0.410 e. The average molecular weight is 285 g/mol. The lowest BCUT2D eigenvalue weighted by atomic mass is 10.0. The number of carbonyl (C=O) groups is 1. The lowest BCUT2D eigenvalue weighted by Crippen LogP contribution is -2.39. The maximum atomic E-state index is 12.0. The molecule has 0 saturated heterocycles. The third-order valence-electron chi connectivity index (χ3n) is 3.08. The Morgan fingerprint density at radius 1 is 1.43 bits per heavy atom. The first-order valence-corrected chi connectivity index (χ1v) is 6.92. The number of pyridine rings is 1. The lowest BCUT2D eigenvalue weighted by molar-refractivity contribution is 0.0270. The van der Waals surface area contributed by atoms with E-state index in [9.17, 15) is 4.79 Å². The minimum atomic E-state index is -0.476. The van der Waals surface area contributed by atoms with Gasteiger partial charge in [0, 0.05) is 19.3 Å². The number of nitriles is 1. The summed E-state index contributed by atoms with van der Waals surface area (Å²) >= 11 is 0. The van der Waals surface area contributed by atoms with Crippen molar-refractivity contribution in [2.24, 2.45) is 0 Å². The van der Waals surface area contributed by atoms with Gasteiger partial charge >= 0.3 is 6.09 Å². The van der Waals surface area contributed by atoms with Gasteiger partial charge < -0.3 is 9.64 Å². The zero-order valence-corrected chi connectivity index (χ0v) is 12.6. The Hall–Kier alpha value is -2.35. The molecule has 0 bridgehead atoms. The molecule has 0 aromatic carbocycles. The van der Waals surface area contributed by atoms with E-state index in [1.54, 1.807) is 17.2 Å². The van der Waals surface area contributed by atoms with Gasteiger partial charge in [-0.3, -0.25) is 4.98 Å². The number of nitrogens with zero attached hydrogens (tertiary/aromatic N) is 3. The molecule has 21 heavy (non-hydrogen) atoms. The molecule has 2 heterocycles. The van der Waals surface area contributed by atoms with E-state index in [1.165, 1.54) is 0 Å². The van der Waals surface area contributed by atoms with Crippen molar-refractivity contribution in [3.63, 3.8) is 0 Å². The second-order valence-electron chi connectivity index (χ2n) is 5.95. The van der Waals surface area contributed by atoms with Crippen LogP contribution in [0.15, 0.2) is 24.4 Å². The Kier molecular flexibility index (Phi) is 4.27. The number of aromatic nitrogens is 1. The summed E-state index contributed by atoms with van der Waals surface area (Å²) < 4.78 is 5.35. The summed E-state index contributed by atoms with van der Waals surface area (Å²) in [6, 6.07) is 5.64. The normalized spacial score (nSPS) is 15.1. The predicted octanol–water partition coefficient (Wildman–Crippen LogP) is 2.98. The van der Waals surface area contributed by atoms with Crippen LogP contribution < -0.4 is 0 Å². The fourth-order valence-corrected chi connectivity index (χ4v) is 2.04. The molecule has 0 spiro atoms. The topological polar surface area (TPSA) is 66.2 Å². The third-order valence-corrected chi connectivity index (χ3v) is 3.08. The van der Waals surface area contributed by atoms with E-state index < -0.39 is 5.60 Å². The lowest BCUT2D eigenvalue weighted by Gasteiger charge is -2.29. The highest BCUT2D eigenvalue weighted by Crippen LogP contribution is 2.22. The van der Waals surface area contributed by atoms with Gasteiger partial charge in [-0.05, 0) is 44.9 Å². The molecule has 0 saturated carbocycles. The Morgan fingerprint density at radius 3 is 2.67 bits per heavy atom. The van der Waals surface area contributed by atoms with Crippen LogP contribution in [0, 0.1) is 11.3 Å². The molecule has 5 heteroatoms. The number of hydrogen-bond donors (Lipinski definition) is 0.